The van der Waals surface area contributed by atoms with Gasteiger partial charge in [-0.25, -0.2) is 13.6 Å². The molecule has 1 fully saturated rings. The minimum absolute atomic E-state index is 0.0854. The van der Waals surface area contributed by atoms with E-state index in [0.29, 0.717) is 24.0 Å². The summed E-state index contributed by atoms with van der Waals surface area (Å²) >= 11 is 0. The Bertz CT molecular complexity index is 1430. The lowest BCUT2D eigenvalue weighted by Crippen LogP contribution is -2.32. The number of alkyl halides is 3. The predicted octanol–water partition coefficient (Wildman–Crippen LogP) is 7.41. The summed E-state index contributed by atoms with van der Waals surface area (Å²) in [6, 6.07) is 10.9. The first-order chi connectivity index (χ1) is 18.4. The Kier molecular flexibility index (Phi) is 8.75. The van der Waals surface area contributed by atoms with Crippen LogP contribution < -0.4 is 10.5 Å². The number of hydrogen-bond acceptors (Lipinski definition) is 4. The zero-order valence-electron chi connectivity index (χ0n) is 22.2. The predicted molar refractivity (Wildman–Crippen MR) is 140 cm³/mol. The maximum absolute atomic E-state index is 13.6. The van der Waals surface area contributed by atoms with Crippen LogP contribution in [-0.2, 0) is 16.2 Å². The summed E-state index contributed by atoms with van der Waals surface area (Å²) in [6.07, 6.45) is -3.64. The van der Waals surface area contributed by atoms with Crippen LogP contribution in [0.15, 0.2) is 54.6 Å². The van der Waals surface area contributed by atoms with E-state index in [1.165, 1.54) is 30.3 Å². The molecule has 40 heavy (non-hydrogen) atoms. The van der Waals surface area contributed by atoms with Gasteiger partial charge in [0.05, 0.1) is 22.3 Å². The van der Waals surface area contributed by atoms with Crippen LogP contribution in [0.1, 0.15) is 50.2 Å². The van der Waals surface area contributed by atoms with Crippen molar-refractivity contribution in [1.82, 2.24) is 0 Å². The molecular weight excluding hydrogens is 553 g/mol. The van der Waals surface area contributed by atoms with Crippen molar-refractivity contribution in [1.29, 1.82) is 0 Å². The van der Waals surface area contributed by atoms with Gasteiger partial charge in [0, 0.05) is 5.56 Å². The number of carboxylic acid groups (broad SMARTS) is 1. The number of primary amides is 1. The van der Waals surface area contributed by atoms with Gasteiger partial charge in [0.2, 0.25) is 5.91 Å². The van der Waals surface area contributed by atoms with Gasteiger partial charge in [-0.05, 0) is 87.4 Å². The van der Waals surface area contributed by atoms with E-state index in [-0.39, 0.29) is 17.1 Å². The van der Waals surface area contributed by atoms with Crippen LogP contribution in [0.5, 0.6) is 11.5 Å². The first kappa shape index (κ1) is 30.8. The highest BCUT2D eigenvalue weighted by atomic mass is 28.4. The highest BCUT2D eigenvalue weighted by Gasteiger charge is 2.51. The van der Waals surface area contributed by atoms with Crippen LogP contribution in [0.4, 0.5) is 22.0 Å². The maximum atomic E-state index is 13.6. The second kappa shape index (κ2) is 11.4. The summed E-state index contributed by atoms with van der Waals surface area (Å²) < 4.78 is 78.9. The number of benzene rings is 3. The molecule has 0 heterocycles. The zero-order chi connectivity index (χ0) is 30.0. The van der Waals surface area contributed by atoms with E-state index in [1.807, 2.05) is 19.6 Å². The third-order valence-electron chi connectivity index (χ3n) is 5.85. The average molecular weight is 582 g/mol. The van der Waals surface area contributed by atoms with Crippen molar-refractivity contribution in [2.45, 2.75) is 51.2 Å². The van der Waals surface area contributed by atoms with Gasteiger partial charge in [0.25, 0.3) is 0 Å². The number of ether oxygens (including phenoxy) is 1. The summed E-state index contributed by atoms with van der Waals surface area (Å²) in [6.45, 7) is 7.50. The average Bonchev–Trinajstić information content (AvgIpc) is 3.59. The third-order valence-corrected chi connectivity index (χ3v) is 6.85. The molecule has 0 radical (unpaired) electrons. The molecule has 0 bridgehead atoms. The van der Waals surface area contributed by atoms with E-state index in [2.05, 4.69) is 0 Å². The summed E-state index contributed by atoms with van der Waals surface area (Å²) in [7, 11) is -2.08. The fourth-order valence-corrected chi connectivity index (χ4v) is 5.55. The van der Waals surface area contributed by atoms with Crippen LogP contribution in [-0.4, -0.2) is 25.3 Å². The number of aromatic carboxylic acids is 1. The highest BCUT2D eigenvalue weighted by Crippen LogP contribution is 2.55. The first-order valence-electron chi connectivity index (χ1n) is 12.1. The fourth-order valence-electron chi connectivity index (χ4n) is 4.07. The molecule has 1 aliphatic rings. The SMILES string of the molecule is Cc1cc(F)ccc1Oc1cc(C(F)(F)F)c(C(N)=O)cc1C1(O[Si](C)(C)C)CC1.O=C(O)c1ccccc1F. The Labute approximate surface area is 228 Å². The van der Waals surface area contributed by atoms with Crippen molar-refractivity contribution in [3.8, 4) is 11.5 Å². The van der Waals surface area contributed by atoms with Gasteiger partial charge in [-0.3, -0.25) is 4.79 Å². The van der Waals surface area contributed by atoms with E-state index in [4.69, 9.17) is 20.0 Å². The van der Waals surface area contributed by atoms with Gasteiger partial charge >= 0.3 is 12.1 Å². The Hall–Kier alpha value is -3.77. The molecule has 3 N–H and O–H groups in total. The Balaban J connectivity index is 0.000000371. The Morgan fingerprint density at radius 2 is 1.57 bits per heavy atom. The number of rotatable bonds is 7. The highest BCUT2D eigenvalue weighted by molar-refractivity contribution is 6.69. The number of carbonyl (C=O) groups excluding carboxylic acids is 1. The van der Waals surface area contributed by atoms with Gasteiger partial charge in [0.15, 0.2) is 8.32 Å². The Morgan fingerprint density at radius 1 is 0.950 bits per heavy atom. The van der Waals surface area contributed by atoms with Crippen molar-refractivity contribution in [3.05, 3.63) is 94.0 Å². The van der Waals surface area contributed by atoms with Crippen LogP contribution in [0.2, 0.25) is 19.6 Å². The number of carbonyl (C=O) groups is 2. The number of carboxylic acids is 1. The molecule has 0 spiro atoms. The molecule has 3 aromatic carbocycles. The van der Waals surface area contributed by atoms with Gasteiger partial charge in [-0.2, -0.15) is 13.2 Å². The number of amides is 1. The van der Waals surface area contributed by atoms with Gasteiger partial charge < -0.3 is 20.0 Å². The molecule has 6 nitrogen and oxygen atoms in total. The summed E-state index contributed by atoms with van der Waals surface area (Å²) in [5.74, 6) is -3.48. The third kappa shape index (κ3) is 7.45. The molecular formula is C28H28F5NO5Si. The van der Waals surface area contributed by atoms with E-state index in [1.54, 1.807) is 6.92 Å². The minimum atomic E-state index is -4.81. The zero-order valence-corrected chi connectivity index (χ0v) is 23.2. The molecule has 0 atom stereocenters. The summed E-state index contributed by atoms with van der Waals surface area (Å²) in [5, 5.41) is 8.33. The minimum Gasteiger partial charge on any atom is -0.478 e. The summed E-state index contributed by atoms with van der Waals surface area (Å²) in [4.78, 5) is 22.0. The number of halogens is 5. The van der Waals surface area contributed by atoms with E-state index in [0.717, 1.165) is 24.3 Å². The quantitative estimate of drug-likeness (QED) is 0.224. The monoisotopic (exact) mass is 581 g/mol. The van der Waals surface area contributed by atoms with E-state index >= 15 is 0 Å². The van der Waals surface area contributed by atoms with Gasteiger partial charge in [0.1, 0.15) is 23.1 Å². The smallest absolute Gasteiger partial charge is 0.417 e. The molecule has 1 saturated carbocycles. The van der Waals surface area contributed by atoms with Gasteiger partial charge in [-0.15, -0.1) is 0 Å². The number of aryl methyl sites for hydroxylation is 1. The standard InChI is InChI=1S/C21H23F4NO3Si.C7H5FO2/c1-12-9-13(22)5-6-17(12)28-18-11-15(21(23,24)25)14(19(26)27)10-16(18)20(7-8-20)29-30(2,3)4;8-6-4-2-1-3-5(6)7(9)10/h5-6,9-11H,7-8H2,1-4H3,(H2,26,27);1-4H,(H,9,10). The van der Waals surface area contributed by atoms with E-state index in [9.17, 15) is 31.5 Å². The molecule has 1 amide bonds. The lowest BCUT2D eigenvalue weighted by atomic mass is 9.97. The Morgan fingerprint density at radius 3 is 2.02 bits per heavy atom. The van der Waals surface area contributed by atoms with Crippen LogP contribution in [0.3, 0.4) is 0 Å². The number of hydrogen-bond donors (Lipinski definition) is 2. The fraction of sp³-hybridized carbons (Fsp3) is 0.286. The first-order valence-corrected chi connectivity index (χ1v) is 15.5. The lowest BCUT2D eigenvalue weighted by Gasteiger charge is -2.29. The van der Waals surface area contributed by atoms with Gasteiger partial charge in [-0.1, -0.05) is 12.1 Å². The summed E-state index contributed by atoms with van der Waals surface area (Å²) in [5.41, 5.74) is 3.09. The second-order valence-electron chi connectivity index (χ2n) is 10.3. The molecule has 1 aliphatic carbocycles. The normalized spacial score (nSPS) is 14.1. The molecule has 4 rings (SSSR count). The van der Waals surface area contributed by atoms with Crippen molar-refractivity contribution in [3.63, 3.8) is 0 Å². The van der Waals surface area contributed by atoms with Crippen LogP contribution >= 0.6 is 0 Å². The van der Waals surface area contributed by atoms with Crippen molar-refractivity contribution >= 4 is 20.2 Å². The molecule has 0 saturated heterocycles. The number of nitrogens with two attached hydrogens (primary N) is 1. The van der Waals surface area contributed by atoms with Crippen molar-refractivity contribution in [2.24, 2.45) is 5.73 Å². The molecule has 214 valence electrons. The lowest BCUT2D eigenvalue weighted by molar-refractivity contribution is -0.138. The maximum Gasteiger partial charge on any atom is 0.417 e. The topological polar surface area (TPSA) is 98.9 Å². The molecule has 0 unspecified atom stereocenters. The van der Waals surface area contributed by atoms with Crippen LogP contribution in [0.25, 0.3) is 0 Å². The molecule has 0 aromatic heterocycles. The molecule has 3 aromatic rings. The van der Waals surface area contributed by atoms with Crippen molar-refractivity contribution < 1.29 is 45.8 Å². The van der Waals surface area contributed by atoms with Crippen LogP contribution in [0, 0.1) is 18.6 Å². The van der Waals surface area contributed by atoms with Crippen molar-refractivity contribution in [2.75, 3.05) is 0 Å². The molecule has 0 aliphatic heterocycles. The molecule has 12 heteroatoms. The largest absolute Gasteiger partial charge is 0.478 e. The second-order valence-corrected chi connectivity index (χ2v) is 14.7. The van der Waals surface area contributed by atoms with E-state index < -0.39 is 54.7 Å².